The fourth-order valence-electron chi connectivity index (χ4n) is 3.96. The number of carbonyl (C=O) groups is 1. The first-order valence-corrected chi connectivity index (χ1v) is 11.1. The second-order valence-corrected chi connectivity index (χ2v) is 8.22. The van der Waals surface area contributed by atoms with E-state index >= 15 is 0 Å². The van der Waals surface area contributed by atoms with Gasteiger partial charge < -0.3 is 9.84 Å². The highest BCUT2D eigenvalue weighted by atomic mass is 35.5. The van der Waals surface area contributed by atoms with Gasteiger partial charge in [0.2, 0.25) is 0 Å². The van der Waals surface area contributed by atoms with Crippen molar-refractivity contribution in [3.05, 3.63) is 112 Å². The van der Waals surface area contributed by atoms with E-state index in [-0.39, 0.29) is 0 Å². The standard InChI is InChI=1S/C28H24ClNO3/c1-3-28(32,25-10-5-4-9-24(25)27(31)33-2)21-8-6-7-19(17-21)11-15-23-16-13-20-12-14-22(29)18-26(20)30-23/h4-18,32H,3H2,1-2H3/b15-11+/t28-/m1/s1. The van der Waals surface area contributed by atoms with Crippen LogP contribution in [0.15, 0.2) is 78.9 Å². The van der Waals surface area contributed by atoms with E-state index in [1.807, 2.05) is 79.7 Å². The predicted molar refractivity (Wildman–Crippen MR) is 133 cm³/mol. The van der Waals surface area contributed by atoms with E-state index in [0.717, 1.165) is 22.2 Å². The fraction of sp³-hybridized carbons (Fsp3) is 0.143. The third kappa shape index (κ3) is 4.68. The van der Waals surface area contributed by atoms with Crippen LogP contribution >= 0.6 is 11.6 Å². The molecule has 4 rings (SSSR count). The zero-order valence-electron chi connectivity index (χ0n) is 18.5. The lowest BCUT2D eigenvalue weighted by Crippen LogP contribution is -2.29. The van der Waals surface area contributed by atoms with Crippen LogP contribution in [0.4, 0.5) is 0 Å². The Morgan fingerprint density at radius 1 is 1.03 bits per heavy atom. The van der Waals surface area contributed by atoms with E-state index in [1.165, 1.54) is 7.11 Å². The van der Waals surface area contributed by atoms with E-state index in [2.05, 4.69) is 4.98 Å². The zero-order valence-corrected chi connectivity index (χ0v) is 19.2. The first-order valence-electron chi connectivity index (χ1n) is 10.7. The number of hydrogen-bond acceptors (Lipinski definition) is 4. The Kier molecular flexibility index (Phi) is 6.59. The molecule has 5 heteroatoms. The van der Waals surface area contributed by atoms with Gasteiger partial charge >= 0.3 is 5.97 Å². The van der Waals surface area contributed by atoms with E-state index in [0.29, 0.717) is 28.1 Å². The summed E-state index contributed by atoms with van der Waals surface area (Å²) in [5, 5.41) is 13.4. The van der Waals surface area contributed by atoms with E-state index in [1.54, 1.807) is 18.2 Å². The first kappa shape index (κ1) is 22.7. The molecule has 0 aliphatic rings. The molecule has 0 amide bonds. The van der Waals surface area contributed by atoms with Gasteiger partial charge in [-0.25, -0.2) is 9.78 Å². The predicted octanol–water partition coefficient (Wildman–Crippen LogP) is 6.49. The molecule has 4 nitrogen and oxygen atoms in total. The molecule has 4 aromatic rings. The number of benzene rings is 3. The molecule has 0 radical (unpaired) electrons. The van der Waals surface area contributed by atoms with Gasteiger partial charge in [0.25, 0.3) is 0 Å². The van der Waals surface area contributed by atoms with Crippen LogP contribution in [0, 0.1) is 0 Å². The van der Waals surface area contributed by atoms with Gasteiger partial charge in [0, 0.05) is 16.0 Å². The number of pyridine rings is 1. The average molecular weight is 458 g/mol. The number of aromatic nitrogens is 1. The maximum absolute atomic E-state index is 12.3. The molecule has 0 aliphatic carbocycles. The Bertz CT molecular complexity index is 1350. The van der Waals surface area contributed by atoms with Crippen LogP contribution in [-0.2, 0) is 10.3 Å². The first-order chi connectivity index (χ1) is 15.9. The number of hydrogen-bond donors (Lipinski definition) is 1. The maximum atomic E-state index is 12.3. The van der Waals surface area contributed by atoms with Gasteiger partial charge in [-0.3, -0.25) is 0 Å². The van der Waals surface area contributed by atoms with Crippen LogP contribution in [0.3, 0.4) is 0 Å². The molecule has 3 aromatic carbocycles. The van der Waals surface area contributed by atoms with Crippen LogP contribution in [0.5, 0.6) is 0 Å². The van der Waals surface area contributed by atoms with E-state index in [4.69, 9.17) is 16.3 Å². The second-order valence-electron chi connectivity index (χ2n) is 7.78. The molecule has 0 bridgehead atoms. The molecule has 0 unspecified atom stereocenters. The molecule has 1 atom stereocenters. The number of halogens is 1. The van der Waals surface area contributed by atoms with Gasteiger partial charge in [0.15, 0.2) is 0 Å². The van der Waals surface area contributed by atoms with E-state index < -0.39 is 11.6 Å². The summed E-state index contributed by atoms with van der Waals surface area (Å²) in [6.45, 7) is 1.89. The summed E-state index contributed by atoms with van der Waals surface area (Å²) in [5.74, 6) is -0.476. The fourth-order valence-corrected chi connectivity index (χ4v) is 4.13. The molecule has 0 saturated carbocycles. The third-order valence-electron chi connectivity index (χ3n) is 5.78. The van der Waals surface area contributed by atoms with Crippen LogP contribution in [-0.4, -0.2) is 23.2 Å². The van der Waals surface area contributed by atoms with Crippen molar-refractivity contribution >= 4 is 40.6 Å². The highest BCUT2D eigenvalue weighted by Gasteiger charge is 2.33. The summed E-state index contributed by atoms with van der Waals surface area (Å²) >= 11 is 6.10. The normalized spacial score (nSPS) is 13.2. The number of aliphatic hydroxyl groups is 1. The van der Waals surface area contributed by atoms with E-state index in [9.17, 15) is 9.90 Å². The van der Waals surface area contributed by atoms with Crippen LogP contribution in [0.25, 0.3) is 23.1 Å². The largest absolute Gasteiger partial charge is 0.465 e. The summed E-state index contributed by atoms with van der Waals surface area (Å²) in [6.07, 6.45) is 4.26. The number of methoxy groups -OCH3 is 1. The molecule has 0 fully saturated rings. The lowest BCUT2D eigenvalue weighted by molar-refractivity contribution is 0.0552. The van der Waals surface area contributed by atoms with Gasteiger partial charge in [-0.15, -0.1) is 0 Å². The Hall–Kier alpha value is -3.47. The summed E-state index contributed by atoms with van der Waals surface area (Å²) in [5.41, 5.74) is 2.77. The average Bonchev–Trinajstić information content (AvgIpc) is 2.86. The number of esters is 1. The minimum atomic E-state index is -1.34. The number of fused-ring (bicyclic) bond motifs is 1. The van der Waals surface area contributed by atoms with Gasteiger partial charge in [0.1, 0.15) is 5.60 Å². The van der Waals surface area contributed by atoms with Crippen LogP contribution in [0.1, 0.15) is 46.1 Å². The molecule has 1 aromatic heterocycles. The molecule has 166 valence electrons. The Balaban J connectivity index is 1.69. The number of rotatable bonds is 6. The lowest BCUT2D eigenvalue weighted by Gasteiger charge is -2.30. The minimum absolute atomic E-state index is 0.351. The summed E-state index contributed by atoms with van der Waals surface area (Å²) in [6, 6.07) is 24.2. The molecule has 1 N–H and O–H groups in total. The monoisotopic (exact) mass is 457 g/mol. The Morgan fingerprint density at radius 2 is 1.82 bits per heavy atom. The van der Waals surface area contributed by atoms with Crippen molar-refractivity contribution in [2.75, 3.05) is 7.11 Å². The van der Waals surface area contributed by atoms with Crippen molar-refractivity contribution in [2.45, 2.75) is 18.9 Å². The van der Waals surface area contributed by atoms with Crippen molar-refractivity contribution in [1.82, 2.24) is 4.98 Å². The van der Waals surface area contributed by atoms with Crippen molar-refractivity contribution in [3.63, 3.8) is 0 Å². The van der Waals surface area contributed by atoms with Crippen molar-refractivity contribution in [2.24, 2.45) is 0 Å². The van der Waals surface area contributed by atoms with Gasteiger partial charge in [-0.05, 0) is 54.0 Å². The molecule has 0 spiro atoms. The third-order valence-corrected chi connectivity index (χ3v) is 6.01. The van der Waals surface area contributed by atoms with Crippen molar-refractivity contribution in [3.8, 4) is 0 Å². The Morgan fingerprint density at radius 3 is 2.61 bits per heavy atom. The second kappa shape index (κ2) is 9.57. The zero-order chi connectivity index (χ0) is 23.4. The highest BCUT2D eigenvalue weighted by molar-refractivity contribution is 6.31. The highest BCUT2D eigenvalue weighted by Crippen LogP contribution is 2.36. The molecule has 0 aliphatic heterocycles. The molecule has 1 heterocycles. The van der Waals surface area contributed by atoms with Crippen LogP contribution < -0.4 is 0 Å². The van der Waals surface area contributed by atoms with Gasteiger partial charge in [-0.1, -0.05) is 73.1 Å². The topological polar surface area (TPSA) is 59.4 Å². The van der Waals surface area contributed by atoms with Gasteiger partial charge in [0.05, 0.1) is 23.9 Å². The summed E-state index contributed by atoms with van der Waals surface area (Å²) in [7, 11) is 1.34. The quantitative estimate of drug-likeness (QED) is 0.336. The molecule has 0 saturated heterocycles. The SMILES string of the molecule is CC[C@@](O)(c1cccc(/C=C/c2ccc3ccc(Cl)cc3n2)c1)c1ccccc1C(=O)OC. The van der Waals surface area contributed by atoms with Crippen LogP contribution in [0.2, 0.25) is 5.02 Å². The molecular weight excluding hydrogens is 434 g/mol. The lowest BCUT2D eigenvalue weighted by atomic mass is 9.81. The van der Waals surface area contributed by atoms with Crippen molar-refractivity contribution in [1.29, 1.82) is 0 Å². The number of nitrogens with zero attached hydrogens (tertiary/aromatic N) is 1. The number of ether oxygens (including phenoxy) is 1. The smallest absolute Gasteiger partial charge is 0.338 e. The van der Waals surface area contributed by atoms with Crippen molar-refractivity contribution < 1.29 is 14.6 Å². The maximum Gasteiger partial charge on any atom is 0.338 e. The summed E-state index contributed by atoms with van der Waals surface area (Å²) < 4.78 is 4.93. The van der Waals surface area contributed by atoms with Gasteiger partial charge in [-0.2, -0.15) is 0 Å². The molecular formula is C28H24ClNO3. The minimum Gasteiger partial charge on any atom is -0.465 e. The molecule has 33 heavy (non-hydrogen) atoms. The Labute approximate surface area is 198 Å². The summed E-state index contributed by atoms with van der Waals surface area (Å²) in [4.78, 5) is 17.0. The number of carbonyl (C=O) groups excluding carboxylic acids is 1.